The fourth-order valence-corrected chi connectivity index (χ4v) is 2.38. The van der Waals surface area contributed by atoms with Crippen molar-refractivity contribution in [1.29, 1.82) is 0 Å². The number of aryl methyl sites for hydroxylation is 1. The smallest absolute Gasteiger partial charge is 0.407 e. The van der Waals surface area contributed by atoms with Gasteiger partial charge in [0.1, 0.15) is 6.04 Å². The van der Waals surface area contributed by atoms with E-state index in [2.05, 4.69) is 20.5 Å². The second kappa shape index (κ2) is 6.65. The van der Waals surface area contributed by atoms with Gasteiger partial charge in [0.15, 0.2) is 0 Å². The topological polar surface area (TPSA) is 85.2 Å². The van der Waals surface area contributed by atoms with Crippen molar-refractivity contribution in [1.82, 2.24) is 20.4 Å². The minimum atomic E-state index is -0.710. The first-order valence-electron chi connectivity index (χ1n) is 6.66. The molecule has 118 valence electrons. The molecule has 2 N–H and O–H groups in total. The van der Waals surface area contributed by atoms with Crippen molar-refractivity contribution in [3.8, 4) is 0 Å². The van der Waals surface area contributed by atoms with Crippen LogP contribution in [-0.4, -0.2) is 34.9 Å². The molecule has 0 saturated heterocycles. The van der Waals surface area contributed by atoms with E-state index >= 15 is 0 Å². The Morgan fingerprint density at radius 3 is 2.86 bits per heavy atom. The van der Waals surface area contributed by atoms with E-state index in [1.807, 2.05) is 19.2 Å². The molecule has 1 aromatic heterocycles. The highest BCUT2D eigenvalue weighted by Gasteiger charge is 2.17. The lowest BCUT2D eigenvalue weighted by atomic mass is 10.2. The summed E-state index contributed by atoms with van der Waals surface area (Å²) >= 11 is 6.20. The number of alkyl carbamates (subject to hydrolysis) is 1. The van der Waals surface area contributed by atoms with Crippen molar-refractivity contribution in [3.05, 3.63) is 28.9 Å². The van der Waals surface area contributed by atoms with Gasteiger partial charge < -0.3 is 15.4 Å². The summed E-state index contributed by atoms with van der Waals surface area (Å²) in [6.45, 7) is 1.78. The number of aromatic nitrogens is 2. The Morgan fingerprint density at radius 1 is 1.45 bits per heavy atom. The molecule has 0 aliphatic carbocycles. The van der Waals surface area contributed by atoms with Crippen molar-refractivity contribution in [2.45, 2.75) is 19.5 Å². The lowest BCUT2D eigenvalue weighted by molar-refractivity contribution is -0.122. The monoisotopic (exact) mass is 324 g/mol. The van der Waals surface area contributed by atoms with E-state index in [1.54, 1.807) is 17.7 Å². The van der Waals surface area contributed by atoms with Crippen LogP contribution in [0.2, 0.25) is 5.02 Å². The van der Waals surface area contributed by atoms with Gasteiger partial charge >= 0.3 is 6.09 Å². The maximum Gasteiger partial charge on any atom is 0.407 e. The molecule has 2 amide bonds. The molecule has 1 atom stereocenters. The highest BCUT2D eigenvalue weighted by Crippen LogP contribution is 2.26. The van der Waals surface area contributed by atoms with E-state index < -0.39 is 12.1 Å². The number of rotatable bonds is 4. The largest absolute Gasteiger partial charge is 0.453 e. The molecule has 2 aromatic rings. The zero-order valence-corrected chi connectivity index (χ0v) is 13.3. The van der Waals surface area contributed by atoms with Gasteiger partial charge in [-0.15, -0.1) is 0 Å². The Labute approximate surface area is 132 Å². The van der Waals surface area contributed by atoms with Crippen LogP contribution in [0.3, 0.4) is 0 Å². The lowest BCUT2D eigenvalue weighted by Gasteiger charge is -2.12. The number of methoxy groups -OCH3 is 1. The second-order valence-electron chi connectivity index (χ2n) is 4.78. The number of hydrogen-bond donors (Lipinski definition) is 2. The number of carbonyl (C=O) groups is 2. The van der Waals surface area contributed by atoms with Crippen LogP contribution < -0.4 is 10.6 Å². The van der Waals surface area contributed by atoms with Gasteiger partial charge in [-0.2, -0.15) is 5.10 Å². The van der Waals surface area contributed by atoms with Gasteiger partial charge in [-0.3, -0.25) is 9.48 Å². The molecule has 0 saturated carbocycles. The molecule has 0 bridgehead atoms. The third kappa shape index (κ3) is 3.30. The Bertz CT molecular complexity index is 713. The zero-order valence-electron chi connectivity index (χ0n) is 12.5. The molecule has 22 heavy (non-hydrogen) atoms. The molecule has 0 fully saturated rings. The van der Waals surface area contributed by atoms with E-state index in [1.165, 1.54) is 7.11 Å². The molecule has 1 aromatic carbocycles. The predicted molar refractivity (Wildman–Crippen MR) is 82.6 cm³/mol. The standard InChI is InChI=1S/C14H17ClN4O3/c1-8(17-14(21)22-3)13(20)16-7-10-12-9(15)5-4-6-11(12)19(2)18-10/h4-6,8H,7H2,1-3H3,(H,16,20)(H,17,21)/t8-/m0/s1. The van der Waals surface area contributed by atoms with Gasteiger partial charge in [0, 0.05) is 12.4 Å². The molecule has 0 aliphatic heterocycles. The lowest BCUT2D eigenvalue weighted by Crippen LogP contribution is -2.44. The van der Waals surface area contributed by atoms with Crippen LogP contribution in [0.15, 0.2) is 18.2 Å². The van der Waals surface area contributed by atoms with Crippen LogP contribution >= 0.6 is 11.6 Å². The third-order valence-corrected chi connectivity index (χ3v) is 3.56. The van der Waals surface area contributed by atoms with Crippen molar-refractivity contribution in [2.24, 2.45) is 7.05 Å². The molecule has 1 heterocycles. The summed E-state index contributed by atoms with van der Waals surface area (Å²) in [5.74, 6) is -0.337. The SMILES string of the molecule is COC(=O)N[C@@H](C)C(=O)NCc1nn(C)c2cccc(Cl)c12. The Balaban J connectivity index is 2.09. The highest BCUT2D eigenvalue weighted by atomic mass is 35.5. The summed E-state index contributed by atoms with van der Waals surface area (Å²) in [5.41, 5.74) is 1.55. The van der Waals surface area contributed by atoms with Gasteiger partial charge in [-0.1, -0.05) is 17.7 Å². The Hall–Kier alpha value is -2.28. The summed E-state index contributed by atoms with van der Waals surface area (Å²) < 4.78 is 6.15. The zero-order chi connectivity index (χ0) is 16.3. The van der Waals surface area contributed by atoms with Crippen LogP contribution in [0, 0.1) is 0 Å². The average molecular weight is 325 g/mol. The normalized spacial score (nSPS) is 12.0. The number of nitrogens with zero attached hydrogens (tertiary/aromatic N) is 2. The van der Waals surface area contributed by atoms with E-state index in [0.29, 0.717) is 10.7 Å². The Kier molecular flexibility index (Phi) is 4.87. The first-order chi connectivity index (χ1) is 10.4. The predicted octanol–water partition coefficient (Wildman–Crippen LogP) is 1.59. The fraction of sp³-hybridized carbons (Fsp3) is 0.357. The molecule has 0 spiro atoms. The number of amides is 2. The number of carbonyl (C=O) groups excluding carboxylic acids is 2. The third-order valence-electron chi connectivity index (χ3n) is 3.24. The molecule has 0 unspecified atom stereocenters. The number of nitrogens with one attached hydrogen (secondary N) is 2. The molecule has 0 aliphatic rings. The van der Waals surface area contributed by atoms with E-state index in [-0.39, 0.29) is 12.5 Å². The first kappa shape index (κ1) is 16.1. The number of hydrogen-bond acceptors (Lipinski definition) is 4. The van der Waals surface area contributed by atoms with Crippen molar-refractivity contribution in [3.63, 3.8) is 0 Å². The van der Waals surface area contributed by atoms with E-state index in [0.717, 1.165) is 10.9 Å². The van der Waals surface area contributed by atoms with E-state index in [4.69, 9.17) is 11.6 Å². The summed E-state index contributed by atoms with van der Waals surface area (Å²) in [7, 11) is 3.05. The van der Waals surface area contributed by atoms with Crippen molar-refractivity contribution in [2.75, 3.05) is 7.11 Å². The molecule has 2 rings (SSSR count). The van der Waals surface area contributed by atoms with Crippen LogP contribution in [0.5, 0.6) is 0 Å². The van der Waals surface area contributed by atoms with Gasteiger partial charge in [0.25, 0.3) is 0 Å². The molecule has 8 heteroatoms. The number of fused-ring (bicyclic) bond motifs is 1. The highest BCUT2D eigenvalue weighted by molar-refractivity contribution is 6.35. The van der Waals surface area contributed by atoms with Crippen LogP contribution in [-0.2, 0) is 23.1 Å². The van der Waals surface area contributed by atoms with Gasteiger partial charge in [-0.25, -0.2) is 4.79 Å². The molecular weight excluding hydrogens is 308 g/mol. The maximum atomic E-state index is 11.9. The van der Waals surface area contributed by atoms with Crippen LogP contribution in [0.1, 0.15) is 12.6 Å². The number of benzene rings is 1. The van der Waals surface area contributed by atoms with Gasteiger partial charge in [-0.05, 0) is 19.1 Å². The molecular formula is C14H17ClN4O3. The first-order valence-corrected chi connectivity index (χ1v) is 7.04. The fourth-order valence-electron chi connectivity index (χ4n) is 2.10. The minimum absolute atomic E-state index is 0.215. The van der Waals surface area contributed by atoms with E-state index in [9.17, 15) is 9.59 Å². The second-order valence-corrected chi connectivity index (χ2v) is 5.19. The maximum absolute atomic E-state index is 11.9. The summed E-state index contributed by atoms with van der Waals surface area (Å²) in [5, 5.41) is 10.9. The summed E-state index contributed by atoms with van der Waals surface area (Å²) in [6.07, 6.45) is -0.658. The quantitative estimate of drug-likeness (QED) is 0.894. The summed E-state index contributed by atoms with van der Waals surface area (Å²) in [4.78, 5) is 23.0. The minimum Gasteiger partial charge on any atom is -0.453 e. The number of halogens is 1. The van der Waals surface area contributed by atoms with Crippen LogP contribution in [0.4, 0.5) is 4.79 Å². The van der Waals surface area contributed by atoms with Gasteiger partial charge in [0.2, 0.25) is 5.91 Å². The summed E-state index contributed by atoms with van der Waals surface area (Å²) in [6, 6.07) is 4.81. The molecule has 0 radical (unpaired) electrons. The van der Waals surface area contributed by atoms with Crippen molar-refractivity contribution < 1.29 is 14.3 Å². The molecule has 7 nitrogen and oxygen atoms in total. The van der Waals surface area contributed by atoms with Gasteiger partial charge in [0.05, 0.1) is 29.9 Å². The Morgan fingerprint density at radius 2 is 2.18 bits per heavy atom. The average Bonchev–Trinajstić information content (AvgIpc) is 2.82. The van der Waals surface area contributed by atoms with Crippen LogP contribution in [0.25, 0.3) is 10.9 Å². The number of ether oxygens (including phenoxy) is 1. The van der Waals surface area contributed by atoms with Crippen molar-refractivity contribution >= 4 is 34.5 Å².